The summed E-state index contributed by atoms with van der Waals surface area (Å²) in [7, 11) is 0. The fourth-order valence-electron chi connectivity index (χ4n) is 1.73. The molecule has 0 heterocycles. The van der Waals surface area contributed by atoms with E-state index in [9.17, 15) is 4.79 Å². The Morgan fingerprint density at radius 1 is 1.11 bits per heavy atom. The van der Waals surface area contributed by atoms with E-state index in [2.05, 4.69) is 31.0 Å². The van der Waals surface area contributed by atoms with E-state index >= 15 is 0 Å². The average Bonchev–Trinajstić information content (AvgIpc) is 2.39. The minimum Gasteiger partial charge on any atom is -0.370 e. The molecule has 0 aromatic carbocycles. The van der Waals surface area contributed by atoms with E-state index in [1.54, 1.807) is 0 Å². The average molecular weight is 258 g/mol. The maximum absolute atomic E-state index is 11.4. The molecule has 0 bridgehead atoms. The highest BCUT2D eigenvalue weighted by Crippen LogP contribution is 1.96. The normalized spacial score (nSPS) is 10.9. The molecule has 4 nitrogen and oxygen atoms in total. The molecule has 1 amide bonds. The number of ether oxygens (including phenoxy) is 1. The highest BCUT2D eigenvalue weighted by Gasteiger charge is 2.02. The molecule has 0 aliphatic rings. The molecular weight excluding hydrogens is 228 g/mol. The summed E-state index contributed by atoms with van der Waals surface area (Å²) in [6.45, 7) is 11.0. The number of carbonyl (C=O) groups is 1. The summed E-state index contributed by atoms with van der Waals surface area (Å²) in [6.07, 6.45) is 4.73. The van der Waals surface area contributed by atoms with Crippen LogP contribution < -0.4 is 5.32 Å². The standard InChI is InChI=1S/C14H30N2O2/c1-4-7-8-9-10-15-14(17)13-18-12-11-16(5-2)6-3/h4-13H2,1-3H3,(H,15,17). The number of rotatable bonds is 12. The molecule has 0 radical (unpaired) electrons. The largest absolute Gasteiger partial charge is 0.370 e. The van der Waals surface area contributed by atoms with Gasteiger partial charge in [-0.1, -0.05) is 40.0 Å². The minimum absolute atomic E-state index is 0.00560. The number of amides is 1. The predicted molar refractivity (Wildman–Crippen MR) is 75.8 cm³/mol. The molecule has 108 valence electrons. The number of nitrogens with one attached hydrogen (secondary N) is 1. The van der Waals surface area contributed by atoms with Crippen molar-refractivity contribution in [2.45, 2.75) is 46.5 Å². The number of unbranched alkanes of at least 4 members (excludes halogenated alkanes) is 3. The van der Waals surface area contributed by atoms with Gasteiger partial charge < -0.3 is 15.0 Å². The third-order valence-corrected chi connectivity index (χ3v) is 3.03. The van der Waals surface area contributed by atoms with Crippen molar-refractivity contribution in [3.05, 3.63) is 0 Å². The third kappa shape index (κ3) is 10.5. The van der Waals surface area contributed by atoms with Crippen LogP contribution in [0.15, 0.2) is 0 Å². The van der Waals surface area contributed by atoms with Crippen LogP contribution in [0.3, 0.4) is 0 Å². The van der Waals surface area contributed by atoms with Crippen LogP contribution in [0.5, 0.6) is 0 Å². The molecule has 0 saturated heterocycles. The number of hydrogen-bond donors (Lipinski definition) is 1. The van der Waals surface area contributed by atoms with Crippen LogP contribution in [-0.2, 0) is 9.53 Å². The van der Waals surface area contributed by atoms with Gasteiger partial charge in [0.05, 0.1) is 6.61 Å². The second-order valence-corrected chi connectivity index (χ2v) is 4.49. The quantitative estimate of drug-likeness (QED) is 0.545. The molecule has 0 saturated carbocycles. The summed E-state index contributed by atoms with van der Waals surface area (Å²) in [5.41, 5.74) is 0. The zero-order chi connectivity index (χ0) is 13.6. The first kappa shape index (κ1) is 17.4. The fraction of sp³-hybridized carbons (Fsp3) is 0.929. The van der Waals surface area contributed by atoms with E-state index in [0.29, 0.717) is 6.61 Å². The Labute approximate surface area is 112 Å². The van der Waals surface area contributed by atoms with Crippen LogP contribution >= 0.6 is 0 Å². The van der Waals surface area contributed by atoms with E-state index in [-0.39, 0.29) is 12.5 Å². The van der Waals surface area contributed by atoms with E-state index in [0.717, 1.165) is 32.6 Å². The summed E-state index contributed by atoms with van der Waals surface area (Å²) in [5.74, 6) is 0.00560. The highest BCUT2D eigenvalue weighted by atomic mass is 16.5. The lowest BCUT2D eigenvalue weighted by Crippen LogP contribution is -2.31. The van der Waals surface area contributed by atoms with Gasteiger partial charge >= 0.3 is 0 Å². The van der Waals surface area contributed by atoms with Crippen molar-refractivity contribution in [2.75, 3.05) is 39.4 Å². The van der Waals surface area contributed by atoms with Crippen LogP contribution in [0.1, 0.15) is 46.5 Å². The summed E-state index contributed by atoms with van der Waals surface area (Å²) in [4.78, 5) is 13.7. The van der Waals surface area contributed by atoms with Crippen molar-refractivity contribution in [3.8, 4) is 0 Å². The second kappa shape index (κ2) is 12.8. The summed E-state index contributed by atoms with van der Waals surface area (Å²) in [5, 5.41) is 2.88. The van der Waals surface area contributed by atoms with Crippen molar-refractivity contribution >= 4 is 5.91 Å². The van der Waals surface area contributed by atoms with Gasteiger partial charge in [-0.25, -0.2) is 0 Å². The fourth-order valence-corrected chi connectivity index (χ4v) is 1.73. The topological polar surface area (TPSA) is 41.6 Å². The molecule has 0 atom stereocenters. The SMILES string of the molecule is CCCCCCNC(=O)COCCN(CC)CC. The highest BCUT2D eigenvalue weighted by molar-refractivity contribution is 5.77. The van der Waals surface area contributed by atoms with Crippen LogP contribution in [0.4, 0.5) is 0 Å². The minimum atomic E-state index is 0.00560. The van der Waals surface area contributed by atoms with E-state index in [1.807, 2.05) is 0 Å². The number of nitrogens with zero attached hydrogens (tertiary/aromatic N) is 1. The molecule has 0 rings (SSSR count). The van der Waals surface area contributed by atoms with Crippen LogP contribution in [0.25, 0.3) is 0 Å². The molecule has 0 aliphatic heterocycles. The molecule has 0 aromatic rings. The monoisotopic (exact) mass is 258 g/mol. The van der Waals surface area contributed by atoms with Gasteiger partial charge in [0.15, 0.2) is 0 Å². The predicted octanol–water partition coefficient (Wildman–Crippen LogP) is 2.04. The van der Waals surface area contributed by atoms with Crippen molar-refractivity contribution < 1.29 is 9.53 Å². The number of likely N-dealkylation sites (N-methyl/N-ethyl adjacent to an activating group) is 1. The molecule has 4 heteroatoms. The van der Waals surface area contributed by atoms with Gasteiger partial charge in [0.1, 0.15) is 6.61 Å². The zero-order valence-electron chi connectivity index (χ0n) is 12.3. The molecule has 0 unspecified atom stereocenters. The van der Waals surface area contributed by atoms with Crippen LogP contribution in [0, 0.1) is 0 Å². The van der Waals surface area contributed by atoms with Gasteiger partial charge in [-0.3, -0.25) is 4.79 Å². The Balaban J connectivity index is 3.31. The molecule has 0 spiro atoms. The molecule has 0 aliphatic carbocycles. The zero-order valence-corrected chi connectivity index (χ0v) is 12.3. The van der Waals surface area contributed by atoms with Gasteiger partial charge in [-0.15, -0.1) is 0 Å². The maximum atomic E-state index is 11.4. The Hall–Kier alpha value is -0.610. The van der Waals surface area contributed by atoms with Gasteiger partial charge in [0.2, 0.25) is 5.91 Å². The second-order valence-electron chi connectivity index (χ2n) is 4.49. The smallest absolute Gasteiger partial charge is 0.245 e. The van der Waals surface area contributed by atoms with Crippen LogP contribution in [0.2, 0.25) is 0 Å². The third-order valence-electron chi connectivity index (χ3n) is 3.03. The molecule has 0 aromatic heterocycles. The lowest BCUT2D eigenvalue weighted by molar-refractivity contribution is -0.125. The van der Waals surface area contributed by atoms with Crippen molar-refractivity contribution in [1.82, 2.24) is 10.2 Å². The first-order valence-electron chi connectivity index (χ1n) is 7.31. The Morgan fingerprint density at radius 2 is 1.83 bits per heavy atom. The first-order valence-corrected chi connectivity index (χ1v) is 7.31. The summed E-state index contributed by atoms with van der Waals surface area (Å²) >= 11 is 0. The lowest BCUT2D eigenvalue weighted by atomic mass is 10.2. The Morgan fingerprint density at radius 3 is 2.44 bits per heavy atom. The molecule has 0 fully saturated rings. The number of carbonyl (C=O) groups excluding carboxylic acids is 1. The van der Waals surface area contributed by atoms with Gasteiger partial charge in [0, 0.05) is 13.1 Å². The molecule has 18 heavy (non-hydrogen) atoms. The Bertz CT molecular complexity index is 194. The van der Waals surface area contributed by atoms with Gasteiger partial charge in [-0.05, 0) is 19.5 Å². The van der Waals surface area contributed by atoms with Crippen molar-refractivity contribution in [2.24, 2.45) is 0 Å². The number of hydrogen-bond acceptors (Lipinski definition) is 3. The summed E-state index contributed by atoms with van der Waals surface area (Å²) < 4.78 is 5.35. The Kier molecular flexibility index (Phi) is 12.4. The van der Waals surface area contributed by atoms with E-state index < -0.39 is 0 Å². The molecule has 1 N–H and O–H groups in total. The van der Waals surface area contributed by atoms with E-state index in [4.69, 9.17) is 4.74 Å². The van der Waals surface area contributed by atoms with Crippen LogP contribution in [-0.4, -0.2) is 50.2 Å². The maximum Gasteiger partial charge on any atom is 0.245 e. The van der Waals surface area contributed by atoms with E-state index in [1.165, 1.54) is 19.3 Å². The summed E-state index contributed by atoms with van der Waals surface area (Å²) in [6, 6.07) is 0. The van der Waals surface area contributed by atoms with Crippen molar-refractivity contribution in [1.29, 1.82) is 0 Å². The lowest BCUT2D eigenvalue weighted by Gasteiger charge is -2.17. The van der Waals surface area contributed by atoms with Gasteiger partial charge in [0.25, 0.3) is 0 Å². The van der Waals surface area contributed by atoms with Gasteiger partial charge in [-0.2, -0.15) is 0 Å². The first-order chi connectivity index (χ1) is 8.74. The van der Waals surface area contributed by atoms with Crippen molar-refractivity contribution in [3.63, 3.8) is 0 Å². The molecular formula is C14H30N2O2.